The summed E-state index contributed by atoms with van der Waals surface area (Å²) < 4.78 is 33.6. The van der Waals surface area contributed by atoms with Crippen molar-refractivity contribution >= 4 is 9.84 Å². The molecular weight excluding hydrogens is 268 g/mol. The molecule has 0 bridgehead atoms. The molecule has 0 fully saturated rings. The van der Waals surface area contributed by atoms with Gasteiger partial charge in [0.15, 0.2) is 21.3 Å². The van der Waals surface area contributed by atoms with Crippen molar-refractivity contribution in [1.82, 2.24) is 0 Å². The van der Waals surface area contributed by atoms with Crippen LogP contribution in [0.4, 0.5) is 0 Å². The molecule has 0 unspecified atom stereocenters. The fourth-order valence-electron chi connectivity index (χ4n) is 1.62. The van der Waals surface area contributed by atoms with Gasteiger partial charge in [0, 0.05) is 0 Å². The fraction of sp³-hybridized carbons (Fsp3) is 0.538. The van der Waals surface area contributed by atoms with E-state index in [1.54, 1.807) is 18.2 Å². The number of hydrogen-bond donors (Lipinski definition) is 1. The fourth-order valence-corrected chi connectivity index (χ4v) is 2.78. The zero-order valence-electron chi connectivity index (χ0n) is 11.3. The van der Waals surface area contributed by atoms with Gasteiger partial charge in [-0.2, -0.15) is 0 Å². The van der Waals surface area contributed by atoms with Crippen molar-refractivity contribution in [2.24, 2.45) is 0 Å². The summed E-state index contributed by atoms with van der Waals surface area (Å²) in [5, 5.41) is 9.01. The molecule has 0 aromatic heterocycles. The molecule has 0 saturated heterocycles. The quantitative estimate of drug-likeness (QED) is 0.782. The molecule has 0 amide bonds. The molecule has 0 heterocycles. The number of aliphatic hydroxyl groups is 1. The molecule has 0 aliphatic rings. The summed E-state index contributed by atoms with van der Waals surface area (Å²) in [5.41, 5.74) is 0.711. The Morgan fingerprint density at radius 3 is 2.53 bits per heavy atom. The average molecular weight is 288 g/mol. The second-order valence-electron chi connectivity index (χ2n) is 4.14. The van der Waals surface area contributed by atoms with Crippen molar-refractivity contribution in [2.45, 2.75) is 20.0 Å². The maximum atomic E-state index is 11.5. The Bertz CT molecular complexity index is 496. The Balaban J connectivity index is 2.63. The summed E-state index contributed by atoms with van der Waals surface area (Å²) >= 11 is 0. The molecule has 0 spiro atoms. The summed E-state index contributed by atoms with van der Waals surface area (Å²) in [4.78, 5) is 0. The Hall–Kier alpha value is -1.27. The third-order valence-corrected chi connectivity index (χ3v) is 4.40. The molecule has 0 aliphatic carbocycles. The lowest BCUT2D eigenvalue weighted by Crippen LogP contribution is -2.16. The topological polar surface area (TPSA) is 72.8 Å². The summed E-state index contributed by atoms with van der Waals surface area (Å²) in [6.45, 7) is 1.84. The normalized spacial score (nSPS) is 11.3. The molecule has 0 atom stereocenters. The highest BCUT2D eigenvalue weighted by Gasteiger charge is 2.11. The van der Waals surface area contributed by atoms with Crippen LogP contribution in [0.2, 0.25) is 0 Å². The zero-order valence-corrected chi connectivity index (χ0v) is 12.1. The van der Waals surface area contributed by atoms with E-state index < -0.39 is 9.84 Å². The molecule has 5 nitrogen and oxygen atoms in total. The van der Waals surface area contributed by atoms with E-state index in [2.05, 4.69) is 0 Å². The molecule has 1 N–H and O–H groups in total. The lowest BCUT2D eigenvalue weighted by atomic mass is 10.2. The van der Waals surface area contributed by atoms with Crippen molar-refractivity contribution < 1.29 is 23.0 Å². The van der Waals surface area contributed by atoms with E-state index in [9.17, 15) is 8.42 Å². The number of aliphatic hydroxyl groups excluding tert-OH is 1. The lowest BCUT2D eigenvalue weighted by Gasteiger charge is -2.11. The highest BCUT2D eigenvalue weighted by atomic mass is 32.2. The smallest absolute Gasteiger partial charge is 0.161 e. The molecule has 6 heteroatoms. The van der Waals surface area contributed by atoms with Crippen LogP contribution in [0, 0.1) is 0 Å². The van der Waals surface area contributed by atoms with Gasteiger partial charge in [-0.25, -0.2) is 8.42 Å². The highest BCUT2D eigenvalue weighted by molar-refractivity contribution is 7.91. The number of benzene rings is 1. The van der Waals surface area contributed by atoms with Crippen molar-refractivity contribution in [3.8, 4) is 11.5 Å². The van der Waals surface area contributed by atoms with Gasteiger partial charge in [-0.05, 0) is 24.1 Å². The Kier molecular flexibility index (Phi) is 6.11. The van der Waals surface area contributed by atoms with Gasteiger partial charge in [0.05, 0.1) is 25.2 Å². The Labute approximate surface area is 114 Å². The van der Waals surface area contributed by atoms with Gasteiger partial charge in [0.1, 0.15) is 6.61 Å². The first kappa shape index (κ1) is 15.8. The van der Waals surface area contributed by atoms with Crippen molar-refractivity contribution in [3.63, 3.8) is 0 Å². The molecule has 19 heavy (non-hydrogen) atoms. The second kappa shape index (κ2) is 7.35. The molecule has 108 valence electrons. The highest BCUT2D eigenvalue weighted by Crippen LogP contribution is 2.28. The number of ether oxygens (including phenoxy) is 2. The third-order valence-electron chi connectivity index (χ3n) is 2.58. The minimum Gasteiger partial charge on any atom is -0.493 e. The van der Waals surface area contributed by atoms with E-state index in [4.69, 9.17) is 14.6 Å². The Morgan fingerprint density at radius 2 is 1.95 bits per heavy atom. The monoisotopic (exact) mass is 288 g/mol. The first-order chi connectivity index (χ1) is 9.02. The lowest BCUT2D eigenvalue weighted by molar-refractivity contribution is 0.279. The zero-order chi connectivity index (χ0) is 14.3. The van der Waals surface area contributed by atoms with Crippen LogP contribution in [0.5, 0.6) is 11.5 Å². The number of methoxy groups -OCH3 is 1. The van der Waals surface area contributed by atoms with Crippen LogP contribution in [0.1, 0.15) is 18.9 Å². The maximum Gasteiger partial charge on any atom is 0.161 e. The molecule has 0 radical (unpaired) electrons. The predicted molar refractivity (Wildman–Crippen MR) is 73.4 cm³/mol. The van der Waals surface area contributed by atoms with Gasteiger partial charge in [-0.1, -0.05) is 13.0 Å². The second-order valence-corrected chi connectivity index (χ2v) is 6.45. The first-order valence-electron chi connectivity index (χ1n) is 6.13. The van der Waals surface area contributed by atoms with Gasteiger partial charge < -0.3 is 14.6 Å². The van der Waals surface area contributed by atoms with E-state index >= 15 is 0 Å². The van der Waals surface area contributed by atoms with Gasteiger partial charge in [0.2, 0.25) is 0 Å². The van der Waals surface area contributed by atoms with E-state index in [1.165, 1.54) is 7.11 Å². The van der Waals surface area contributed by atoms with Gasteiger partial charge in [0.25, 0.3) is 0 Å². The van der Waals surface area contributed by atoms with Crippen LogP contribution in [0.3, 0.4) is 0 Å². The number of sulfone groups is 1. The summed E-state index contributed by atoms with van der Waals surface area (Å²) in [6, 6.07) is 5.03. The van der Waals surface area contributed by atoms with Crippen LogP contribution >= 0.6 is 0 Å². The first-order valence-corrected chi connectivity index (χ1v) is 7.95. The summed E-state index contributed by atoms with van der Waals surface area (Å²) in [7, 11) is -1.54. The van der Waals surface area contributed by atoms with Crippen LogP contribution in [-0.2, 0) is 16.4 Å². The minimum absolute atomic E-state index is 0.00819. The SMILES string of the molecule is CCCS(=O)(=O)CCOc1ccc(CO)cc1OC. The van der Waals surface area contributed by atoms with Crippen LogP contribution in [0.15, 0.2) is 18.2 Å². The maximum absolute atomic E-state index is 11.5. The van der Waals surface area contributed by atoms with Crippen molar-refractivity contribution in [2.75, 3.05) is 25.2 Å². The summed E-state index contributed by atoms with van der Waals surface area (Å²) in [5.74, 6) is 1.13. The van der Waals surface area contributed by atoms with Crippen LogP contribution < -0.4 is 9.47 Å². The third kappa shape index (κ3) is 5.08. The van der Waals surface area contributed by atoms with Gasteiger partial charge >= 0.3 is 0 Å². The molecule has 1 aromatic rings. The Morgan fingerprint density at radius 1 is 1.21 bits per heavy atom. The number of rotatable bonds is 8. The van der Waals surface area contributed by atoms with Crippen molar-refractivity contribution in [1.29, 1.82) is 0 Å². The van der Waals surface area contributed by atoms with E-state index in [0.29, 0.717) is 23.5 Å². The largest absolute Gasteiger partial charge is 0.493 e. The minimum atomic E-state index is -3.04. The summed E-state index contributed by atoms with van der Waals surface area (Å²) in [6.07, 6.45) is 0.608. The van der Waals surface area contributed by atoms with Gasteiger partial charge in [-0.3, -0.25) is 0 Å². The van der Waals surface area contributed by atoms with Crippen molar-refractivity contribution in [3.05, 3.63) is 23.8 Å². The molecule has 0 saturated carbocycles. The molecule has 1 aromatic carbocycles. The van der Waals surface area contributed by atoms with Gasteiger partial charge in [-0.15, -0.1) is 0 Å². The van der Waals surface area contributed by atoms with E-state index in [-0.39, 0.29) is 24.7 Å². The molecule has 0 aliphatic heterocycles. The van der Waals surface area contributed by atoms with Crippen LogP contribution in [0.25, 0.3) is 0 Å². The standard InChI is InChI=1S/C13H20O5S/c1-3-7-19(15,16)8-6-18-12-5-4-11(10-14)9-13(12)17-2/h4-5,9,14H,3,6-8,10H2,1-2H3. The molecule has 1 rings (SSSR count). The average Bonchev–Trinajstić information content (AvgIpc) is 2.38. The van der Waals surface area contributed by atoms with E-state index in [1.807, 2.05) is 6.92 Å². The number of hydrogen-bond acceptors (Lipinski definition) is 5. The van der Waals surface area contributed by atoms with E-state index in [0.717, 1.165) is 0 Å². The van der Waals surface area contributed by atoms with Crippen LogP contribution in [-0.4, -0.2) is 38.7 Å². The molecular formula is C13H20O5S. The predicted octanol–water partition coefficient (Wildman–Crippen LogP) is 1.39.